The quantitative estimate of drug-likeness (QED) is 0.618. The van der Waals surface area contributed by atoms with Crippen molar-refractivity contribution in [3.63, 3.8) is 0 Å². The van der Waals surface area contributed by atoms with Crippen molar-refractivity contribution >= 4 is 18.1 Å². The number of aromatic nitrogens is 1. The van der Waals surface area contributed by atoms with Gasteiger partial charge in [-0.25, -0.2) is 10.2 Å². The molecule has 0 aliphatic heterocycles. The van der Waals surface area contributed by atoms with Crippen LogP contribution < -0.4 is 10.2 Å². The minimum atomic E-state index is -1.05. The zero-order chi connectivity index (χ0) is 15.8. The average Bonchev–Trinajstić information content (AvgIpc) is 2.54. The number of carboxylic acids is 1. The Hall–Kier alpha value is -3.22. The number of carbonyl (C=O) groups excluding carboxylic acids is 1. The molecule has 2 N–H and O–H groups in total. The summed E-state index contributed by atoms with van der Waals surface area (Å²) >= 11 is 0. The van der Waals surface area contributed by atoms with Crippen LogP contribution in [0.4, 0.5) is 0 Å². The first kappa shape index (κ1) is 15.2. The number of ether oxygens (including phenoxy) is 1. The van der Waals surface area contributed by atoms with Crippen molar-refractivity contribution in [1.29, 1.82) is 0 Å². The monoisotopic (exact) mass is 299 g/mol. The normalized spacial score (nSPS) is 10.4. The molecule has 0 bridgehead atoms. The summed E-state index contributed by atoms with van der Waals surface area (Å²) in [6.07, 6.45) is 4.44. The van der Waals surface area contributed by atoms with Crippen molar-refractivity contribution < 1.29 is 19.4 Å². The molecule has 112 valence electrons. The lowest BCUT2D eigenvalue weighted by atomic mass is 10.2. The van der Waals surface area contributed by atoms with Crippen LogP contribution >= 0.6 is 0 Å². The van der Waals surface area contributed by atoms with Gasteiger partial charge >= 0.3 is 5.97 Å². The number of aliphatic carboxylic acids is 1. The zero-order valence-corrected chi connectivity index (χ0v) is 11.5. The number of hydrazone groups is 1. The Bertz CT molecular complexity index is 686. The highest BCUT2D eigenvalue weighted by Crippen LogP contribution is 2.11. The van der Waals surface area contributed by atoms with E-state index in [0.29, 0.717) is 16.9 Å². The van der Waals surface area contributed by atoms with Crippen molar-refractivity contribution in [3.05, 3.63) is 59.9 Å². The summed E-state index contributed by atoms with van der Waals surface area (Å²) in [4.78, 5) is 26.0. The van der Waals surface area contributed by atoms with Crippen molar-refractivity contribution in [2.24, 2.45) is 5.10 Å². The molecule has 0 saturated carbocycles. The molecule has 0 unspecified atom stereocenters. The van der Waals surface area contributed by atoms with E-state index in [2.05, 4.69) is 15.5 Å². The highest BCUT2D eigenvalue weighted by molar-refractivity contribution is 5.94. The minimum Gasteiger partial charge on any atom is -0.482 e. The van der Waals surface area contributed by atoms with Gasteiger partial charge in [-0.05, 0) is 29.8 Å². The van der Waals surface area contributed by atoms with Gasteiger partial charge in [0.05, 0.1) is 11.8 Å². The lowest BCUT2D eigenvalue weighted by molar-refractivity contribution is -0.139. The molecule has 2 rings (SSSR count). The minimum absolute atomic E-state index is 0.373. The number of hydrogen-bond acceptors (Lipinski definition) is 5. The third-order valence-electron chi connectivity index (χ3n) is 2.52. The van der Waals surface area contributed by atoms with Gasteiger partial charge in [-0.2, -0.15) is 5.10 Å². The molecule has 7 nitrogen and oxygen atoms in total. The zero-order valence-electron chi connectivity index (χ0n) is 11.5. The molecule has 1 amide bonds. The topological polar surface area (TPSA) is 101 Å². The highest BCUT2D eigenvalue weighted by atomic mass is 16.5. The number of rotatable bonds is 6. The average molecular weight is 299 g/mol. The molecule has 7 heteroatoms. The molecule has 1 aromatic carbocycles. The van der Waals surface area contributed by atoms with Crippen LogP contribution in [0.15, 0.2) is 53.9 Å². The summed E-state index contributed by atoms with van der Waals surface area (Å²) in [7, 11) is 0. The van der Waals surface area contributed by atoms with E-state index < -0.39 is 12.6 Å². The van der Waals surface area contributed by atoms with Crippen LogP contribution in [-0.4, -0.2) is 34.8 Å². The van der Waals surface area contributed by atoms with E-state index in [0.717, 1.165) is 0 Å². The Morgan fingerprint density at radius 3 is 2.91 bits per heavy atom. The first-order chi connectivity index (χ1) is 10.6. The summed E-state index contributed by atoms with van der Waals surface area (Å²) < 4.78 is 5.05. The van der Waals surface area contributed by atoms with E-state index in [1.807, 2.05) is 0 Å². The molecule has 0 aliphatic rings. The summed E-state index contributed by atoms with van der Waals surface area (Å²) in [6.45, 7) is -0.418. The molecule has 1 heterocycles. The van der Waals surface area contributed by atoms with Crippen molar-refractivity contribution in [1.82, 2.24) is 10.4 Å². The maximum atomic E-state index is 11.7. The van der Waals surface area contributed by atoms with Gasteiger partial charge in [-0.1, -0.05) is 12.1 Å². The summed E-state index contributed by atoms with van der Waals surface area (Å²) in [5, 5.41) is 12.4. The number of hydrogen-bond donors (Lipinski definition) is 2. The second-order valence-corrected chi connectivity index (χ2v) is 4.20. The smallest absolute Gasteiger partial charge is 0.341 e. The largest absolute Gasteiger partial charge is 0.482 e. The molecule has 22 heavy (non-hydrogen) atoms. The fourth-order valence-corrected chi connectivity index (χ4v) is 1.56. The van der Waals surface area contributed by atoms with Crippen LogP contribution in [0.3, 0.4) is 0 Å². The van der Waals surface area contributed by atoms with Crippen molar-refractivity contribution in [2.75, 3.05) is 6.61 Å². The molecule has 2 aromatic rings. The van der Waals surface area contributed by atoms with Gasteiger partial charge in [0.15, 0.2) is 6.61 Å². The van der Waals surface area contributed by atoms with Gasteiger partial charge in [0.2, 0.25) is 0 Å². The number of pyridine rings is 1. The van der Waals surface area contributed by atoms with E-state index in [1.54, 1.807) is 42.6 Å². The van der Waals surface area contributed by atoms with Gasteiger partial charge < -0.3 is 9.84 Å². The molecule has 0 spiro atoms. The number of nitrogens with zero attached hydrogens (tertiary/aromatic N) is 2. The van der Waals surface area contributed by atoms with Crippen LogP contribution in [-0.2, 0) is 4.79 Å². The van der Waals surface area contributed by atoms with E-state index in [9.17, 15) is 9.59 Å². The lowest BCUT2D eigenvalue weighted by Crippen LogP contribution is -2.17. The number of benzene rings is 1. The van der Waals surface area contributed by atoms with Crippen molar-refractivity contribution in [3.8, 4) is 5.75 Å². The van der Waals surface area contributed by atoms with Crippen LogP contribution in [0.25, 0.3) is 0 Å². The summed E-state index contributed by atoms with van der Waals surface area (Å²) in [5.74, 6) is -1.02. The van der Waals surface area contributed by atoms with E-state index in [4.69, 9.17) is 9.84 Å². The van der Waals surface area contributed by atoms with E-state index in [-0.39, 0.29) is 5.91 Å². The van der Waals surface area contributed by atoms with Crippen LogP contribution in [0.1, 0.15) is 15.9 Å². The number of carboxylic acid groups (broad SMARTS) is 1. The van der Waals surface area contributed by atoms with Gasteiger partial charge in [0, 0.05) is 12.4 Å². The molecule has 0 aliphatic carbocycles. The van der Waals surface area contributed by atoms with Gasteiger partial charge in [0.1, 0.15) is 5.75 Å². The van der Waals surface area contributed by atoms with Crippen LogP contribution in [0.5, 0.6) is 5.75 Å². The fourth-order valence-electron chi connectivity index (χ4n) is 1.56. The molecule has 0 atom stereocenters. The highest BCUT2D eigenvalue weighted by Gasteiger charge is 2.03. The third kappa shape index (κ3) is 4.71. The Kier molecular flexibility index (Phi) is 5.20. The molecular formula is C15H13N3O4. The third-order valence-corrected chi connectivity index (χ3v) is 2.52. The standard InChI is InChI=1S/C15H13N3O4/c19-14(20)10-22-13-5-1-3-11(7-13)8-17-18-15(21)12-4-2-6-16-9-12/h1-9H,10H2,(H,18,21)(H,19,20)/b17-8-. The predicted molar refractivity (Wildman–Crippen MR) is 78.9 cm³/mol. The molecular weight excluding hydrogens is 286 g/mol. The predicted octanol–water partition coefficient (Wildman–Crippen LogP) is 1.31. The Balaban J connectivity index is 1.94. The molecule has 1 aromatic heterocycles. The van der Waals surface area contributed by atoms with Gasteiger partial charge in [-0.15, -0.1) is 0 Å². The maximum absolute atomic E-state index is 11.7. The van der Waals surface area contributed by atoms with E-state index >= 15 is 0 Å². The van der Waals surface area contributed by atoms with Crippen LogP contribution in [0.2, 0.25) is 0 Å². The molecule has 0 saturated heterocycles. The second-order valence-electron chi connectivity index (χ2n) is 4.20. The second kappa shape index (κ2) is 7.53. The fraction of sp³-hybridized carbons (Fsp3) is 0.0667. The molecule has 0 fully saturated rings. The summed E-state index contributed by atoms with van der Waals surface area (Å²) in [5.41, 5.74) is 3.44. The first-order valence-electron chi connectivity index (χ1n) is 6.33. The SMILES string of the molecule is O=C(O)COc1cccc(/C=N\NC(=O)c2cccnc2)c1. The number of carbonyl (C=O) groups is 2. The Labute approximate surface area is 126 Å². The summed E-state index contributed by atoms with van der Waals surface area (Å²) in [6, 6.07) is 9.96. The van der Waals surface area contributed by atoms with Crippen LogP contribution in [0, 0.1) is 0 Å². The van der Waals surface area contributed by atoms with Crippen molar-refractivity contribution in [2.45, 2.75) is 0 Å². The Morgan fingerprint density at radius 1 is 1.32 bits per heavy atom. The van der Waals surface area contributed by atoms with E-state index in [1.165, 1.54) is 12.4 Å². The number of amides is 1. The molecule has 0 radical (unpaired) electrons. The van der Waals surface area contributed by atoms with Gasteiger partial charge in [-0.3, -0.25) is 9.78 Å². The first-order valence-corrected chi connectivity index (χ1v) is 6.33. The maximum Gasteiger partial charge on any atom is 0.341 e. The number of nitrogens with one attached hydrogen (secondary N) is 1. The lowest BCUT2D eigenvalue weighted by Gasteiger charge is -2.03. The van der Waals surface area contributed by atoms with Gasteiger partial charge in [0.25, 0.3) is 5.91 Å². The Morgan fingerprint density at radius 2 is 2.18 bits per heavy atom.